The van der Waals surface area contributed by atoms with Crippen LogP contribution in [0.5, 0.6) is 0 Å². The molecule has 0 saturated heterocycles. The van der Waals surface area contributed by atoms with E-state index in [9.17, 15) is 0 Å². The maximum Gasteiger partial charge on any atom is 0.0694 e. The molecule has 0 amide bonds. The number of aromatic nitrogens is 1. The summed E-state index contributed by atoms with van der Waals surface area (Å²) < 4.78 is 0. The van der Waals surface area contributed by atoms with Gasteiger partial charge in [-0.25, -0.2) is 0 Å². The molecule has 1 heterocycles. The van der Waals surface area contributed by atoms with Crippen LogP contribution in [0.2, 0.25) is 15.1 Å². The van der Waals surface area contributed by atoms with Crippen LogP contribution >= 0.6 is 34.8 Å². The molecule has 2 aromatic carbocycles. The van der Waals surface area contributed by atoms with Gasteiger partial charge < -0.3 is 4.98 Å². The first-order chi connectivity index (χ1) is 10.7. The second kappa shape index (κ2) is 6.74. The van der Waals surface area contributed by atoms with E-state index in [0.29, 0.717) is 27.2 Å². The Balaban J connectivity index is 1.72. The number of hydrogen-bond acceptors (Lipinski definition) is 1. The van der Waals surface area contributed by atoms with Crippen molar-refractivity contribution in [1.82, 2.24) is 4.98 Å². The molecule has 0 aliphatic heterocycles. The fourth-order valence-corrected chi connectivity index (χ4v) is 2.97. The van der Waals surface area contributed by atoms with E-state index >= 15 is 0 Å². The lowest BCUT2D eigenvalue weighted by Crippen LogP contribution is -1.91. The zero-order chi connectivity index (χ0) is 15.5. The Morgan fingerprint density at radius 3 is 2.64 bits per heavy atom. The topological polar surface area (TPSA) is 28.1 Å². The van der Waals surface area contributed by atoms with E-state index in [-0.39, 0.29) is 0 Å². The molecule has 1 aromatic heterocycles. The third kappa shape index (κ3) is 3.14. The van der Waals surface area contributed by atoms with E-state index < -0.39 is 0 Å². The first-order valence-corrected chi connectivity index (χ1v) is 7.98. The molecule has 0 aliphatic carbocycles. The molecule has 2 nitrogen and oxygen atoms in total. The Hall–Kier alpha value is -1.48. The number of aliphatic imine (C=N–C) groups is 1. The van der Waals surface area contributed by atoms with Crippen LogP contribution in [-0.2, 0) is 6.42 Å². The number of para-hydroxylation sites is 1. The molecule has 112 valence electrons. The molecule has 0 spiro atoms. The van der Waals surface area contributed by atoms with Gasteiger partial charge in [-0.1, -0.05) is 53.0 Å². The summed E-state index contributed by atoms with van der Waals surface area (Å²) in [7, 11) is 0. The van der Waals surface area contributed by atoms with Crippen molar-refractivity contribution >= 4 is 51.9 Å². The van der Waals surface area contributed by atoms with Crippen molar-refractivity contribution in [1.29, 1.82) is 0 Å². The van der Waals surface area contributed by atoms with Crippen LogP contribution in [0, 0.1) is 0 Å². The summed E-state index contributed by atoms with van der Waals surface area (Å²) in [5.41, 5.74) is 3.05. The maximum absolute atomic E-state index is 6.14. The van der Waals surface area contributed by atoms with Crippen molar-refractivity contribution in [2.75, 3.05) is 6.54 Å². The maximum atomic E-state index is 6.14. The quantitative estimate of drug-likeness (QED) is 0.455. The van der Waals surface area contributed by atoms with Gasteiger partial charge in [0.2, 0.25) is 0 Å². The summed E-state index contributed by atoms with van der Waals surface area (Å²) in [6.45, 7) is 0.654. The highest BCUT2D eigenvalue weighted by Gasteiger charge is 2.07. The van der Waals surface area contributed by atoms with E-state index in [4.69, 9.17) is 34.8 Å². The van der Waals surface area contributed by atoms with Gasteiger partial charge in [-0.05, 0) is 30.2 Å². The SMILES string of the molecule is Clc1ccc(Cl)c(C=NCCc2c[nH]c3ccccc23)c1Cl. The molecule has 5 heteroatoms. The minimum atomic E-state index is 0.435. The summed E-state index contributed by atoms with van der Waals surface area (Å²) in [5, 5.41) is 2.69. The lowest BCUT2D eigenvalue weighted by atomic mass is 10.1. The number of halogens is 3. The Bertz CT molecular complexity index is 837. The second-order valence-corrected chi connectivity index (χ2v) is 6.09. The van der Waals surface area contributed by atoms with Gasteiger partial charge in [0.1, 0.15) is 0 Å². The smallest absolute Gasteiger partial charge is 0.0694 e. The van der Waals surface area contributed by atoms with Crippen LogP contribution in [-0.4, -0.2) is 17.7 Å². The van der Waals surface area contributed by atoms with E-state index in [0.717, 1.165) is 11.9 Å². The summed E-state index contributed by atoms with van der Waals surface area (Å²) in [5.74, 6) is 0. The lowest BCUT2D eigenvalue weighted by molar-refractivity contribution is 0.981. The van der Waals surface area contributed by atoms with Crippen molar-refractivity contribution < 1.29 is 0 Å². The molecule has 0 radical (unpaired) electrons. The van der Waals surface area contributed by atoms with Crippen molar-refractivity contribution in [3.05, 3.63) is 68.8 Å². The molecule has 3 rings (SSSR count). The molecular formula is C17H13Cl3N2. The summed E-state index contributed by atoms with van der Waals surface area (Å²) in [4.78, 5) is 7.68. The molecule has 0 unspecified atom stereocenters. The zero-order valence-electron chi connectivity index (χ0n) is 11.6. The predicted octanol–water partition coefficient (Wildman–Crippen LogP) is 5.79. The molecule has 22 heavy (non-hydrogen) atoms. The first-order valence-electron chi connectivity index (χ1n) is 6.85. The number of hydrogen-bond donors (Lipinski definition) is 1. The van der Waals surface area contributed by atoms with E-state index in [1.165, 1.54) is 10.9 Å². The molecule has 0 aliphatic rings. The Kier molecular flexibility index (Phi) is 4.72. The van der Waals surface area contributed by atoms with Crippen molar-refractivity contribution in [3.8, 4) is 0 Å². The Morgan fingerprint density at radius 2 is 1.77 bits per heavy atom. The second-order valence-electron chi connectivity index (χ2n) is 4.90. The monoisotopic (exact) mass is 350 g/mol. The lowest BCUT2D eigenvalue weighted by Gasteiger charge is -2.03. The van der Waals surface area contributed by atoms with Gasteiger partial charge in [0.15, 0.2) is 0 Å². The summed E-state index contributed by atoms with van der Waals surface area (Å²) in [6.07, 6.45) is 4.56. The van der Waals surface area contributed by atoms with Crippen LogP contribution in [0.1, 0.15) is 11.1 Å². The van der Waals surface area contributed by atoms with E-state index in [1.807, 2.05) is 18.3 Å². The van der Waals surface area contributed by atoms with Gasteiger partial charge in [0, 0.05) is 35.4 Å². The van der Waals surface area contributed by atoms with Crippen molar-refractivity contribution in [2.45, 2.75) is 6.42 Å². The third-order valence-corrected chi connectivity index (χ3v) is 4.63. The molecule has 0 fully saturated rings. The number of benzene rings is 2. The minimum Gasteiger partial charge on any atom is -0.361 e. The zero-order valence-corrected chi connectivity index (χ0v) is 13.9. The molecule has 0 atom stereocenters. The fourth-order valence-electron chi connectivity index (χ4n) is 2.34. The Morgan fingerprint density at radius 1 is 1.00 bits per heavy atom. The molecule has 3 aromatic rings. The van der Waals surface area contributed by atoms with Gasteiger partial charge in [-0.2, -0.15) is 0 Å². The van der Waals surface area contributed by atoms with Gasteiger partial charge in [-0.15, -0.1) is 0 Å². The number of nitrogens with zero attached hydrogens (tertiary/aromatic N) is 1. The van der Waals surface area contributed by atoms with E-state index in [2.05, 4.69) is 22.1 Å². The normalized spacial score (nSPS) is 11.6. The molecule has 0 saturated carbocycles. The van der Waals surface area contributed by atoms with Crippen LogP contribution < -0.4 is 0 Å². The molecule has 1 N–H and O–H groups in total. The van der Waals surface area contributed by atoms with Crippen LogP contribution in [0.15, 0.2) is 47.6 Å². The van der Waals surface area contributed by atoms with Crippen LogP contribution in [0.4, 0.5) is 0 Å². The highest BCUT2D eigenvalue weighted by atomic mass is 35.5. The van der Waals surface area contributed by atoms with Crippen LogP contribution in [0.25, 0.3) is 10.9 Å². The van der Waals surface area contributed by atoms with Crippen molar-refractivity contribution in [2.24, 2.45) is 4.99 Å². The summed E-state index contributed by atoms with van der Waals surface area (Å²) in [6, 6.07) is 11.6. The third-order valence-electron chi connectivity index (χ3n) is 3.48. The Labute approximate surface area is 143 Å². The molecular weight excluding hydrogens is 339 g/mol. The minimum absolute atomic E-state index is 0.435. The average Bonchev–Trinajstić information content (AvgIpc) is 2.94. The largest absolute Gasteiger partial charge is 0.361 e. The standard InChI is InChI=1S/C17H13Cl3N2/c18-14-5-6-15(19)17(20)13(14)10-21-8-7-11-9-22-16-4-2-1-3-12(11)16/h1-6,9-10,22H,7-8H2. The van der Waals surface area contributed by atoms with E-state index in [1.54, 1.807) is 18.3 Å². The summed E-state index contributed by atoms with van der Waals surface area (Å²) >= 11 is 18.3. The number of H-pyrrole nitrogens is 1. The van der Waals surface area contributed by atoms with Gasteiger partial charge in [0.05, 0.1) is 15.1 Å². The van der Waals surface area contributed by atoms with Gasteiger partial charge >= 0.3 is 0 Å². The average molecular weight is 352 g/mol. The van der Waals surface area contributed by atoms with Gasteiger partial charge in [-0.3, -0.25) is 4.99 Å². The first kappa shape index (κ1) is 15.4. The number of rotatable bonds is 4. The van der Waals surface area contributed by atoms with Crippen molar-refractivity contribution in [3.63, 3.8) is 0 Å². The highest BCUT2D eigenvalue weighted by Crippen LogP contribution is 2.30. The predicted molar refractivity (Wildman–Crippen MR) is 95.9 cm³/mol. The number of fused-ring (bicyclic) bond motifs is 1. The van der Waals surface area contributed by atoms with Gasteiger partial charge in [0.25, 0.3) is 0 Å². The molecule has 0 bridgehead atoms. The fraction of sp³-hybridized carbons (Fsp3) is 0.118. The number of nitrogens with one attached hydrogen (secondary N) is 1. The number of aromatic amines is 1. The highest BCUT2D eigenvalue weighted by molar-refractivity contribution is 6.45. The van der Waals surface area contributed by atoms with Crippen LogP contribution in [0.3, 0.4) is 0 Å².